The monoisotopic (exact) mass is 222 g/mol. The number of nitrogens with zero attached hydrogens (tertiary/aromatic N) is 1. The molecule has 0 saturated heterocycles. The van der Waals surface area contributed by atoms with Crippen LogP contribution < -0.4 is 5.73 Å². The van der Waals surface area contributed by atoms with Crippen LogP contribution in [0.2, 0.25) is 0 Å². The number of methoxy groups -OCH3 is 1. The maximum Gasteiger partial charge on any atom is 0.350 e. The van der Waals surface area contributed by atoms with Crippen molar-refractivity contribution >= 4 is 33.2 Å². The SMILES string of the molecule is COC(=O)c1sc2nc(C)ccc2c1N. The zero-order chi connectivity index (χ0) is 11.0. The summed E-state index contributed by atoms with van der Waals surface area (Å²) in [5.41, 5.74) is 7.19. The van der Waals surface area contributed by atoms with Crippen molar-refractivity contribution in [1.82, 2.24) is 4.98 Å². The molecule has 15 heavy (non-hydrogen) atoms. The first kappa shape index (κ1) is 9.92. The number of anilines is 1. The number of esters is 1. The molecular weight excluding hydrogens is 212 g/mol. The Morgan fingerprint density at radius 3 is 2.93 bits per heavy atom. The average molecular weight is 222 g/mol. The molecule has 2 aromatic heterocycles. The first-order valence-corrected chi connectivity index (χ1v) is 5.19. The van der Waals surface area contributed by atoms with Crippen LogP contribution in [0.15, 0.2) is 12.1 Å². The highest BCUT2D eigenvalue weighted by Gasteiger charge is 2.17. The molecule has 2 heterocycles. The van der Waals surface area contributed by atoms with Gasteiger partial charge < -0.3 is 10.5 Å². The van der Waals surface area contributed by atoms with E-state index in [2.05, 4.69) is 9.72 Å². The molecule has 0 radical (unpaired) electrons. The maximum atomic E-state index is 11.4. The lowest BCUT2D eigenvalue weighted by molar-refractivity contribution is 0.0607. The summed E-state index contributed by atoms with van der Waals surface area (Å²) in [4.78, 5) is 16.9. The van der Waals surface area contributed by atoms with Gasteiger partial charge in [-0.3, -0.25) is 0 Å². The van der Waals surface area contributed by atoms with Gasteiger partial charge in [0.15, 0.2) is 0 Å². The topological polar surface area (TPSA) is 65.2 Å². The summed E-state index contributed by atoms with van der Waals surface area (Å²) in [5.74, 6) is -0.409. The summed E-state index contributed by atoms with van der Waals surface area (Å²) in [6, 6.07) is 3.74. The van der Waals surface area contributed by atoms with Crippen LogP contribution in [0, 0.1) is 6.92 Å². The van der Waals surface area contributed by atoms with Crippen molar-refractivity contribution in [2.24, 2.45) is 0 Å². The van der Waals surface area contributed by atoms with Gasteiger partial charge in [-0.1, -0.05) is 0 Å². The number of rotatable bonds is 1. The number of pyridine rings is 1. The van der Waals surface area contributed by atoms with Crippen LogP contribution in [0.4, 0.5) is 5.69 Å². The first-order valence-electron chi connectivity index (χ1n) is 4.37. The lowest BCUT2D eigenvalue weighted by Crippen LogP contribution is -2.01. The third-order valence-corrected chi connectivity index (χ3v) is 3.20. The Hall–Kier alpha value is -1.62. The van der Waals surface area contributed by atoms with E-state index in [4.69, 9.17) is 5.73 Å². The van der Waals surface area contributed by atoms with Gasteiger partial charge >= 0.3 is 5.97 Å². The molecule has 0 aliphatic heterocycles. The van der Waals surface area contributed by atoms with E-state index in [-0.39, 0.29) is 0 Å². The Kier molecular flexibility index (Phi) is 2.32. The molecule has 78 valence electrons. The van der Waals surface area contributed by atoms with E-state index in [9.17, 15) is 4.79 Å². The van der Waals surface area contributed by atoms with Crippen LogP contribution in [0.3, 0.4) is 0 Å². The van der Waals surface area contributed by atoms with Crippen LogP contribution in [-0.2, 0) is 4.74 Å². The van der Waals surface area contributed by atoms with Gasteiger partial charge in [-0.25, -0.2) is 9.78 Å². The van der Waals surface area contributed by atoms with Gasteiger partial charge in [-0.05, 0) is 19.1 Å². The number of aryl methyl sites for hydroxylation is 1. The zero-order valence-electron chi connectivity index (χ0n) is 8.40. The Morgan fingerprint density at radius 2 is 2.27 bits per heavy atom. The summed E-state index contributed by atoms with van der Waals surface area (Å²) >= 11 is 1.26. The lowest BCUT2D eigenvalue weighted by Gasteiger charge is -1.95. The molecule has 2 rings (SSSR count). The van der Waals surface area contributed by atoms with Crippen molar-refractivity contribution in [2.75, 3.05) is 12.8 Å². The number of hydrogen-bond donors (Lipinski definition) is 1. The normalized spacial score (nSPS) is 10.5. The summed E-state index contributed by atoms with van der Waals surface area (Å²) in [5, 5.41) is 0.811. The van der Waals surface area contributed by atoms with Crippen LogP contribution in [0.5, 0.6) is 0 Å². The average Bonchev–Trinajstić information content (AvgIpc) is 2.54. The fourth-order valence-electron chi connectivity index (χ4n) is 1.33. The highest BCUT2D eigenvalue weighted by atomic mass is 32.1. The number of ether oxygens (including phenoxy) is 1. The smallest absolute Gasteiger partial charge is 0.350 e. The minimum atomic E-state index is -0.409. The number of aromatic nitrogens is 1. The number of hydrogen-bond acceptors (Lipinski definition) is 5. The molecule has 0 aliphatic rings. The van der Waals surface area contributed by atoms with Crippen LogP contribution in [-0.4, -0.2) is 18.1 Å². The van der Waals surface area contributed by atoms with E-state index in [0.717, 1.165) is 15.9 Å². The molecule has 0 aromatic carbocycles. The minimum Gasteiger partial charge on any atom is -0.465 e. The minimum absolute atomic E-state index is 0.409. The summed E-state index contributed by atoms with van der Waals surface area (Å²) < 4.78 is 4.64. The van der Waals surface area contributed by atoms with E-state index >= 15 is 0 Å². The summed E-state index contributed by atoms with van der Waals surface area (Å²) in [6.45, 7) is 1.90. The largest absolute Gasteiger partial charge is 0.465 e. The van der Waals surface area contributed by atoms with Crippen molar-refractivity contribution in [1.29, 1.82) is 0 Å². The molecule has 0 amide bonds. The Balaban J connectivity index is 2.69. The quantitative estimate of drug-likeness (QED) is 0.749. The maximum absolute atomic E-state index is 11.4. The van der Waals surface area contributed by atoms with Gasteiger partial charge in [0.25, 0.3) is 0 Å². The van der Waals surface area contributed by atoms with Gasteiger partial charge in [0, 0.05) is 11.1 Å². The van der Waals surface area contributed by atoms with E-state index in [1.807, 2.05) is 19.1 Å². The van der Waals surface area contributed by atoms with Crippen molar-refractivity contribution in [3.63, 3.8) is 0 Å². The van der Waals surface area contributed by atoms with Crippen molar-refractivity contribution in [3.8, 4) is 0 Å². The van der Waals surface area contributed by atoms with Crippen molar-refractivity contribution in [3.05, 3.63) is 22.7 Å². The summed E-state index contributed by atoms with van der Waals surface area (Å²) in [7, 11) is 1.34. The van der Waals surface area contributed by atoms with Gasteiger partial charge in [-0.15, -0.1) is 11.3 Å². The Bertz CT molecular complexity index is 533. The standard InChI is InChI=1S/C10H10N2O2S/c1-5-3-4-6-7(11)8(10(13)14-2)15-9(6)12-5/h3-4H,11H2,1-2H3. The van der Waals surface area contributed by atoms with E-state index in [1.54, 1.807) is 0 Å². The molecule has 0 bridgehead atoms. The fourth-order valence-corrected chi connectivity index (χ4v) is 2.39. The highest BCUT2D eigenvalue weighted by molar-refractivity contribution is 7.21. The molecule has 2 N–H and O–H groups in total. The van der Waals surface area contributed by atoms with Crippen LogP contribution >= 0.6 is 11.3 Å². The second-order valence-electron chi connectivity index (χ2n) is 3.14. The molecule has 0 unspecified atom stereocenters. The zero-order valence-corrected chi connectivity index (χ0v) is 9.22. The second kappa shape index (κ2) is 3.51. The molecule has 0 fully saturated rings. The van der Waals surface area contributed by atoms with Crippen LogP contribution in [0.25, 0.3) is 10.2 Å². The van der Waals surface area contributed by atoms with E-state index in [0.29, 0.717) is 10.6 Å². The molecule has 5 heteroatoms. The molecule has 0 atom stereocenters. The molecule has 0 spiro atoms. The lowest BCUT2D eigenvalue weighted by atomic mass is 10.2. The van der Waals surface area contributed by atoms with E-state index < -0.39 is 5.97 Å². The Labute approximate surface area is 90.7 Å². The third-order valence-electron chi connectivity index (χ3n) is 2.10. The third kappa shape index (κ3) is 1.55. The number of nitrogen functional groups attached to an aromatic ring is 1. The van der Waals surface area contributed by atoms with Crippen molar-refractivity contribution in [2.45, 2.75) is 6.92 Å². The first-order chi connectivity index (χ1) is 7.13. The Morgan fingerprint density at radius 1 is 1.53 bits per heavy atom. The molecular formula is C10H10N2O2S. The van der Waals surface area contributed by atoms with Gasteiger partial charge in [0.05, 0.1) is 12.8 Å². The number of fused-ring (bicyclic) bond motifs is 1. The number of nitrogens with two attached hydrogens (primary N) is 1. The second-order valence-corrected chi connectivity index (χ2v) is 4.14. The fraction of sp³-hybridized carbons (Fsp3) is 0.200. The molecule has 2 aromatic rings. The predicted molar refractivity (Wildman–Crippen MR) is 60.1 cm³/mol. The predicted octanol–water partition coefficient (Wildman–Crippen LogP) is 1.97. The molecule has 0 saturated carbocycles. The number of carbonyl (C=O) groups is 1. The van der Waals surface area contributed by atoms with E-state index in [1.165, 1.54) is 18.4 Å². The van der Waals surface area contributed by atoms with Crippen LogP contribution in [0.1, 0.15) is 15.4 Å². The molecule has 4 nitrogen and oxygen atoms in total. The van der Waals surface area contributed by atoms with Gasteiger partial charge in [0.2, 0.25) is 0 Å². The van der Waals surface area contributed by atoms with Gasteiger partial charge in [0.1, 0.15) is 9.71 Å². The highest BCUT2D eigenvalue weighted by Crippen LogP contribution is 2.32. The van der Waals surface area contributed by atoms with Crippen molar-refractivity contribution < 1.29 is 9.53 Å². The van der Waals surface area contributed by atoms with Gasteiger partial charge in [-0.2, -0.15) is 0 Å². The summed E-state index contributed by atoms with van der Waals surface area (Å²) in [6.07, 6.45) is 0. The number of thiophene rings is 1. The molecule has 0 aliphatic carbocycles. The number of carbonyl (C=O) groups excluding carboxylic acids is 1.